The minimum Gasteiger partial charge on any atom is -0.396 e. The Kier molecular flexibility index (Phi) is 3.10. The molecule has 0 spiro atoms. The Morgan fingerprint density at radius 1 is 1.43 bits per heavy atom. The van der Waals surface area contributed by atoms with Crippen LogP contribution in [0.1, 0.15) is 25.7 Å². The fourth-order valence-corrected chi connectivity index (χ4v) is 3.30. The molecule has 3 nitrogen and oxygen atoms in total. The van der Waals surface area contributed by atoms with E-state index in [4.69, 9.17) is 5.73 Å². The van der Waals surface area contributed by atoms with Crippen molar-refractivity contribution in [2.45, 2.75) is 25.7 Å². The van der Waals surface area contributed by atoms with E-state index in [2.05, 4.69) is 4.90 Å². The van der Waals surface area contributed by atoms with Gasteiger partial charge >= 0.3 is 0 Å². The molecular weight excluding hydrogens is 176 g/mol. The smallest absolute Gasteiger partial charge is 0.0502 e. The van der Waals surface area contributed by atoms with Gasteiger partial charge in [-0.15, -0.1) is 0 Å². The van der Waals surface area contributed by atoms with Gasteiger partial charge in [-0.2, -0.15) is 0 Å². The lowest BCUT2D eigenvalue weighted by atomic mass is 9.69. The van der Waals surface area contributed by atoms with Crippen molar-refractivity contribution < 1.29 is 5.11 Å². The summed E-state index contributed by atoms with van der Waals surface area (Å²) < 4.78 is 0. The third-order valence-corrected chi connectivity index (χ3v) is 4.12. The van der Waals surface area contributed by atoms with Gasteiger partial charge < -0.3 is 15.7 Å². The number of nitrogens with zero attached hydrogens (tertiary/aromatic N) is 1. The maximum atomic E-state index is 9.58. The average molecular weight is 198 g/mol. The second kappa shape index (κ2) is 4.17. The van der Waals surface area contributed by atoms with Gasteiger partial charge in [0.15, 0.2) is 0 Å². The summed E-state index contributed by atoms with van der Waals surface area (Å²) in [7, 11) is 0. The molecule has 2 rings (SSSR count). The largest absolute Gasteiger partial charge is 0.396 e. The molecule has 1 aliphatic heterocycles. The maximum Gasteiger partial charge on any atom is 0.0502 e. The topological polar surface area (TPSA) is 49.5 Å². The van der Waals surface area contributed by atoms with E-state index in [1.165, 1.54) is 25.7 Å². The molecule has 1 aliphatic carbocycles. The van der Waals surface area contributed by atoms with Gasteiger partial charge in [0.2, 0.25) is 0 Å². The summed E-state index contributed by atoms with van der Waals surface area (Å²) in [6.45, 7) is 4.36. The predicted molar refractivity (Wildman–Crippen MR) is 57.0 cm³/mol. The van der Waals surface area contributed by atoms with Crippen LogP contribution >= 0.6 is 0 Å². The van der Waals surface area contributed by atoms with Crippen LogP contribution in [-0.4, -0.2) is 42.8 Å². The highest BCUT2D eigenvalue weighted by atomic mass is 16.3. The van der Waals surface area contributed by atoms with Gasteiger partial charge in [0.05, 0.1) is 6.61 Å². The second-order valence-electron chi connectivity index (χ2n) is 4.99. The van der Waals surface area contributed by atoms with Crippen LogP contribution in [0.4, 0.5) is 0 Å². The molecule has 2 atom stereocenters. The Labute approximate surface area is 86.3 Å². The Morgan fingerprint density at radius 3 is 2.93 bits per heavy atom. The van der Waals surface area contributed by atoms with Crippen molar-refractivity contribution in [1.29, 1.82) is 0 Å². The molecule has 3 N–H and O–H groups in total. The Morgan fingerprint density at radius 2 is 2.29 bits per heavy atom. The summed E-state index contributed by atoms with van der Waals surface area (Å²) in [4.78, 5) is 2.44. The summed E-state index contributed by atoms with van der Waals surface area (Å²) >= 11 is 0. The number of aliphatic hydroxyl groups is 1. The van der Waals surface area contributed by atoms with E-state index in [1.807, 2.05) is 0 Å². The van der Waals surface area contributed by atoms with E-state index in [-0.39, 0.29) is 5.41 Å². The monoisotopic (exact) mass is 198 g/mol. The lowest BCUT2D eigenvalue weighted by molar-refractivity contribution is 0.0584. The van der Waals surface area contributed by atoms with Gasteiger partial charge in [0.25, 0.3) is 0 Å². The number of aliphatic hydroxyl groups excluding tert-OH is 1. The van der Waals surface area contributed by atoms with Crippen molar-refractivity contribution in [3.8, 4) is 0 Å². The zero-order valence-electron chi connectivity index (χ0n) is 8.91. The van der Waals surface area contributed by atoms with Gasteiger partial charge in [-0.25, -0.2) is 0 Å². The molecule has 0 bridgehead atoms. The second-order valence-corrected chi connectivity index (χ2v) is 4.99. The zero-order chi connectivity index (χ0) is 10.0. The van der Waals surface area contributed by atoms with Gasteiger partial charge in [-0.1, -0.05) is 12.8 Å². The maximum absolute atomic E-state index is 9.58. The molecule has 2 fully saturated rings. The molecule has 14 heavy (non-hydrogen) atoms. The number of fused-ring (bicyclic) bond motifs is 1. The van der Waals surface area contributed by atoms with Crippen molar-refractivity contribution >= 4 is 0 Å². The van der Waals surface area contributed by atoms with Crippen LogP contribution in [0.25, 0.3) is 0 Å². The molecule has 82 valence electrons. The van der Waals surface area contributed by atoms with Crippen LogP contribution < -0.4 is 5.73 Å². The van der Waals surface area contributed by atoms with E-state index in [0.717, 1.165) is 32.1 Å². The summed E-state index contributed by atoms with van der Waals surface area (Å²) in [5.41, 5.74) is 5.81. The molecule has 0 aromatic heterocycles. The predicted octanol–water partition coefficient (Wildman–Crippen LogP) is 0.430. The van der Waals surface area contributed by atoms with E-state index >= 15 is 0 Å². The van der Waals surface area contributed by atoms with Crippen molar-refractivity contribution in [3.05, 3.63) is 0 Å². The number of nitrogens with two attached hydrogens (primary N) is 1. The van der Waals surface area contributed by atoms with Crippen molar-refractivity contribution in [2.75, 3.05) is 32.8 Å². The fourth-order valence-electron chi connectivity index (χ4n) is 3.30. The Bertz CT molecular complexity index is 198. The lowest BCUT2D eigenvalue weighted by Gasteiger charge is -2.36. The highest BCUT2D eigenvalue weighted by Crippen LogP contribution is 2.46. The molecular formula is C11H22N2O. The van der Waals surface area contributed by atoms with Crippen molar-refractivity contribution in [1.82, 2.24) is 4.90 Å². The first kappa shape index (κ1) is 10.4. The van der Waals surface area contributed by atoms with Gasteiger partial charge in [-0.05, 0) is 18.8 Å². The fraction of sp³-hybridized carbons (Fsp3) is 1.00. The Balaban J connectivity index is 2.03. The Hall–Kier alpha value is -0.120. The minimum absolute atomic E-state index is 0.230. The van der Waals surface area contributed by atoms with Crippen LogP contribution in [0, 0.1) is 11.3 Å². The van der Waals surface area contributed by atoms with Crippen LogP contribution in [0.5, 0.6) is 0 Å². The molecule has 0 aromatic carbocycles. The quantitative estimate of drug-likeness (QED) is 0.691. The normalized spacial score (nSPS) is 38.6. The molecule has 1 heterocycles. The molecule has 2 aliphatic rings. The third-order valence-electron chi connectivity index (χ3n) is 4.12. The minimum atomic E-state index is 0.230. The van der Waals surface area contributed by atoms with Gasteiger partial charge in [0, 0.05) is 31.6 Å². The van der Waals surface area contributed by atoms with Crippen LogP contribution in [0.2, 0.25) is 0 Å². The third kappa shape index (κ3) is 1.69. The van der Waals surface area contributed by atoms with Gasteiger partial charge in [0.1, 0.15) is 0 Å². The first-order valence-corrected chi connectivity index (χ1v) is 5.84. The summed E-state index contributed by atoms with van der Waals surface area (Å²) in [6.07, 6.45) is 5.17. The highest BCUT2D eigenvalue weighted by molar-refractivity contribution is 4.98. The molecule has 0 amide bonds. The summed E-state index contributed by atoms with van der Waals surface area (Å²) in [5, 5.41) is 9.58. The van der Waals surface area contributed by atoms with Crippen LogP contribution in [0.3, 0.4) is 0 Å². The first-order chi connectivity index (χ1) is 6.80. The van der Waals surface area contributed by atoms with Crippen molar-refractivity contribution in [3.63, 3.8) is 0 Å². The highest BCUT2D eigenvalue weighted by Gasteiger charge is 2.46. The van der Waals surface area contributed by atoms with Gasteiger partial charge in [-0.3, -0.25) is 0 Å². The molecule has 1 saturated carbocycles. The zero-order valence-corrected chi connectivity index (χ0v) is 8.91. The molecule has 1 saturated heterocycles. The van der Waals surface area contributed by atoms with E-state index in [1.54, 1.807) is 0 Å². The first-order valence-electron chi connectivity index (χ1n) is 5.84. The molecule has 0 aromatic rings. The average Bonchev–Trinajstić information content (AvgIpc) is 2.57. The molecule has 0 unspecified atom stereocenters. The summed E-state index contributed by atoms with van der Waals surface area (Å²) in [5.74, 6) is 0.729. The lowest BCUT2D eigenvalue weighted by Crippen LogP contribution is -2.37. The number of hydrogen-bond donors (Lipinski definition) is 2. The van der Waals surface area contributed by atoms with Crippen molar-refractivity contribution in [2.24, 2.45) is 17.1 Å². The van der Waals surface area contributed by atoms with Crippen LogP contribution in [-0.2, 0) is 0 Å². The standard InChI is InChI=1S/C11H22N2O/c12-5-6-13-7-10-3-1-2-4-11(10,8-13)9-14/h10,14H,1-9,12H2/t10-,11+/m0/s1. The molecule has 3 heteroatoms. The number of likely N-dealkylation sites (tertiary alicyclic amines) is 1. The van der Waals surface area contributed by atoms with E-state index in [0.29, 0.717) is 6.61 Å². The van der Waals surface area contributed by atoms with E-state index in [9.17, 15) is 5.11 Å². The number of hydrogen-bond acceptors (Lipinski definition) is 3. The van der Waals surface area contributed by atoms with E-state index < -0.39 is 0 Å². The number of rotatable bonds is 3. The SMILES string of the molecule is NCCN1C[C@@H]2CCCC[C@]2(CO)C1. The van der Waals surface area contributed by atoms with Crippen LogP contribution in [0.15, 0.2) is 0 Å². The summed E-state index contributed by atoms with van der Waals surface area (Å²) in [6, 6.07) is 0. The molecule has 0 radical (unpaired) electrons.